The van der Waals surface area contributed by atoms with Crippen LogP contribution in [-0.2, 0) is 29.1 Å². The summed E-state index contributed by atoms with van der Waals surface area (Å²) in [5, 5.41) is 23.7. The van der Waals surface area contributed by atoms with Crippen molar-refractivity contribution in [1.82, 2.24) is 14.7 Å². The van der Waals surface area contributed by atoms with Gasteiger partial charge in [0.05, 0.1) is 17.4 Å². The molecule has 2 heterocycles. The highest BCUT2D eigenvalue weighted by Crippen LogP contribution is 2.24. The molecule has 1 unspecified atom stereocenters. The summed E-state index contributed by atoms with van der Waals surface area (Å²) >= 11 is 0. The molecule has 0 radical (unpaired) electrons. The maximum absolute atomic E-state index is 12.5. The minimum atomic E-state index is -1.08. The number of carbonyl (C=O) groups is 2. The van der Waals surface area contributed by atoms with Gasteiger partial charge >= 0.3 is 11.8 Å². The van der Waals surface area contributed by atoms with Crippen LogP contribution in [0.4, 0.5) is 5.82 Å². The number of nitrogens with zero attached hydrogens (tertiary/aromatic N) is 4. The van der Waals surface area contributed by atoms with E-state index in [1.165, 1.54) is 17.2 Å². The molecule has 9 heteroatoms. The molecule has 1 atom stereocenters. The Kier molecular flexibility index (Phi) is 3.98. The molecule has 1 aliphatic rings. The van der Waals surface area contributed by atoms with Crippen molar-refractivity contribution in [2.24, 2.45) is 0 Å². The molecule has 0 saturated heterocycles. The Morgan fingerprint density at radius 3 is 2.62 bits per heavy atom. The van der Waals surface area contributed by atoms with E-state index in [0.29, 0.717) is 0 Å². The van der Waals surface area contributed by atoms with Crippen molar-refractivity contribution < 1.29 is 19.6 Å². The van der Waals surface area contributed by atoms with Gasteiger partial charge in [-0.05, 0) is 16.1 Å². The SMILES string of the molecule is O=C(O)C1Cc2ccccc2CN1C(=O)Cn1ccc([N+](=O)[O-])n1. The van der Waals surface area contributed by atoms with Crippen LogP contribution in [0.2, 0.25) is 0 Å². The largest absolute Gasteiger partial charge is 0.480 e. The fourth-order valence-electron chi connectivity index (χ4n) is 2.77. The van der Waals surface area contributed by atoms with Crippen molar-refractivity contribution in [3.05, 3.63) is 57.8 Å². The van der Waals surface area contributed by atoms with Gasteiger partial charge < -0.3 is 20.1 Å². The number of carboxylic acids is 1. The van der Waals surface area contributed by atoms with Crippen molar-refractivity contribution in [3.8, 4) is 0 Å². The molecule has 1 aliphatic heterocycles. The van der Waals surface area contributed by atoms with Gasteiger partial charge in [0, 0.05) is 13.0 Å². The van der Waals surface area contributed by atoms with Crippen LogP contribution in [0.3, 0.4) is 0 Å². The number of carbonyl (C=O) groups excluding carboxylic acids is 1. The Morgan fingerprint density at radius 1 is 1.29 bits per heavy atom. The smallest absolute Gasteiger partial charge is 0.389 e. The number of amides is 1. The molecule has 24 heavy (non-hydrogen) atoms. The molecule has 3 rings (SSSR count). The Labute approximate surface area is 136 Å². The average molecular weight is 330 g/mol. The number of fused-ring (bicyclic) bond motifs is 1. The van der Waals surface area contributed by atoms with Gasteiger partial charge in [-0.2, -0.15) is 4.68 Å². The van der Waals surface area contributed by atoms with Crippen molar-refractivity contribution in [1.29, 1.82) is 0 Å². The second kappa shape index (κ2) is 6.11. The van der Waals surface area contributed by atoms with Crippen LogP contribution in [0.15, 0.2) is 36.5 Å². The number of aliphatic carboxylic acids is 1. The lowest BCUT2D eigenvalue weighted by molar-refractivity contribution is -0.389. The molecular formula is C15H14N4O5. The molecule has 1 N–H and O–H groups in total. The van der Waals surface area contributed by atoms with E-state index >= 15 is 0 Å². The number of nitro groups is 1. The molecule has 1 aromatic carbocycles. The van der Waals surface area contributed by atoms with Gasteiger partial charge in [0.1, 0.15) is 12.6 Å². The lowest BCUT2D eigenvalue weighted by atomic mass is 9.94. The first-order valence-corrected chi connectivity index (χ1v) is 7.22. The lowest BCUT2D eigenvalue weighted by Gasteiger charge is -2.34. The van der Waals surface area contributed by atoms with Crippen molar-refractivity contribution >= 4 is 17.7 Å². The topological polar surface area (TPSA) is 119 Å². The van der Waals surface area contributed by atoms with E-state index in [-0.39, 0.29) is 25.3 Å². The zero-order chi connectivity index (χ0) is 17.3. The van der Waals surface area contributed by atoms with E-state index in [4.69, 9.17) is 0 Å². The van der Waals surface area contributed by atoms with Crippen LogP contribution in [-0.4, -0.2) is 42.6 Å². The lowest BCUT2D eigenvalue weighted by Crippen LogP contribution is -2.49. The second-order valence-corrected chi connectivity index (χ2v) is 5.48. The normalized spacial score (nSPS) is 16.5. The Bertz CT molecular complexity index is 816. The number of hydrogen-bond donors (Lipinski definition) is 1. The summed E-state index contributed by atoms with van der Waals surface area (Å²) in [5.41, 5.74) is 1.80. The monoisotopic (exact) mass is 330 g/mol. The highest BCUT2D eigenvalue weighted by Gasteiger charge is 2.34. The third kappa shape index (κ3) is 2.96. The van der Waals surface area contributed by atoms with Crippen LogP contribution in [0.5, 0.6) is 0 Å². The average Bonchev–Trinajstić information content (AvgIpc) is 3.02. The summed E-state index contributed by atoms with van der Waals surface area (Å²) in [6, 6.07) is 7.60. The van der Waals surface area contributed by atoms with Crippen molar-refractivity contribution in [3.63, 3.8) is 0 Å². The molecule has 1 aromatic heterocycles. The summed E-state index contributed by atoms with van der Waals surface area (Å²) in [5.74, 6) is -1.89. The third-order valence-electron chi connectivity index (χ3n) is 3.96. The molecule has 0 bridgehead atoms. The quantitative estimate of drug-likeness (QED) is 0.655. The summed E-state index contributed by atoms with van der Waals surface area (Å²) in [7, 11) is 0. The van der Waals surface area contributed by atoms with E-state index in [1.807, 2.05) is 24.3 Å². The van der Waals surface area contributed by atoms with E-state index in [1.54, 1.807) is 0 Å². The minimum Gasteiger partial charge on any atom is -0.480 e. The highest BCUT2D eigenvalue weighted by atomic mass is 16.6. The first-order chi connectivity index (χ1) is 11.5. The maximum Gasteiger partial charge on any atom is 0.389 e. The summed E-state index contributed by atoms with van der Waals surface area (Å²) in [6.07, 6.45) is 1.56. The maximum atomic E-state index is 12.5. The van der Waals surface area contributed by atoms with E-state index in [2.05, 4.69) is 5.10 Å². The predicted molar refractivity (Wildman–Crippen MR) is 81.0 cm³/mol. The first-order valence-electron chi connectivity index (χ1n) is 7.22. The van der Waals surface area contributed by atoms with Gasteiger partial charge in [-0.15, -0.1) is 0 Å². The van der Waals surface area contributed by atoms with E-state index in [9.17, 15) is 24.8 Å². The number of aromatic nitrogens is 2. The number of hydrogen-bond acceptors (Lipinski definition) is 5. The van der Waals surface area contributed by atoms with Gasteiger partial charge in [0.15, 0.2) is 0 Å². The Morgan fingerprint density at radius 2 is 2.00 bits per heavy atom. The Hall–Kier alpha value is -3.23. The summed E-state index contributed by atoms with van der Waals surface area (Å²) in [6.45, 7) is -0.0604. The summed E-state index contributed by atoms with van der Waals surface area (Å²) in [4.78, 5) is 35.3. The fourth-order valence-corrected chi connectivity index (χ4v) is 2.77. The molecule has 1 amide bonds. The number of carboxylic acid groups (broad SMARTS) is 1. The van der Waals surface area contributed by atoms with Gasteiger partial charge in [0.25, 0.3) is 0 Å². The van der Waals surface area contributed by atoms with Crippen LogP contribution >= 0.6 is 0 Å². The molecule has 9 nitrogen and oxygen atoms in total. The van der Waals surface area contributed by atoms with Gasteiger partial charge in [-0.3, -0.25) is 4.79 Å². The summed E-state index contributed by atoms with van der Waals surface area (Å²) < 4.78 is 1.14. The molecule has 124 valence electrons. The third-order valence-corrected chi connectivity index (χ3v) is 3.96. The van der Waals surface area contributed by atoms with Crippen LogP contribution in [0, 0.1) is 10.1 Å². The standard InChI is InChI=1S/C15H14N4O5/c20-14(9-17-6-5-13(16-17)19(23)24)18-8-11-4-2-1-3-10(11)7-12(18)15(21)22/h1-6,12H,7-9H2,(H,21,22). The van der Waals surface area contributed by atoms with Crippen LogP contribution in [0.25, 0.3) is 0 Å². The second-order valence-electron chi connectivity index (χ2n) is 5.48. The van der Waals surface area contributed by atoms with Gasteiger partial charge in [-0.1, -0.05) is 24.3 Å². The van der Waals surface area contributed by atoms with Gasteiger partial charge in [-0.25, -0.2) is 4.79 Å². The van der Waals surface area contributed by atoms with E-state index < -0.39 is 22.8 Å². The molecule has 2 aromatic rings. The molecule has 0 aliphatic carbocycles. The van der Waals surface area contributed by atoms with Crippen LogP contribution < -0.4 is 0 Å². The molecule has 0 saturated carbocycles. The first kappa shape index (κ1) is 15.7. The number of rotatable bonds is 4. The Balaban J connectivity index is 1.81. The molecular weight excluding hydrogens is 316 g/mol. The number of benzene rings is 1. The van der Waals surface area contributed by atoms with Gasteiger partial charge in [0.2, 0.25) is 5.91 Å². The zero-order valence-electron chi connectivity index (χ0n) is 12.5. The van der Waals surface area contributed by atoms with Crippen molar-refractivity contribution in [2.75, 3.05) is 0 Å². The zero-order valence-corrected chi connectivity index (χ0v) is 12.5. The molecule has 0 fully saturated rings. The van der Waals surface area contributed by atoms with Crippen LogP contribution in [0.1, 0.15) is 11.1 Å². The fraction of sp³-hybridized carbons (Fsp3) is 0.267. The van der Waals surface area contributed by atoms with Crippen molar-refractivity contribution in [2.45, 2.75) is 25.6 Å². The molecule has 0 spiro atoms. The minimum absolute atomic E-state index is 0.190. The predicted octanol–water partition coefficient (Wildman–Crippen LogP) is 0.829. The highest BCUT2D eigenvalue weighted by molar-refractivity contribution is 5.84. The van der Waals surface area contributed by atoms with E-state index in [0.717, 1.165) is 15.8 Å².